The Hall–Kier alpha value is -3.49. The fraction of sp³-hybridized carbons (Fsp3) is 0.176. The second kappa shape index (κ2) is 6.43. The van der Waals surface area contributed by atoms with E-state index in [0.29, 0.717) is 33.8 Å². The Bertz CT molecular complexity index is 1140. The first-order valence-electron chi connectivity index (χ1n) is 7.83. The van der Waals surface area contributed by atoms with Crippen molar-refractivity contribution in [2.45, 2.75) is 13.5 Å². The summed E-state index contributed by atoms with van der Waals surface area (Å²) in [5, 5.41) is 12.7. The van der Waals surface area contributed by atoms with E-state index in [1.165, 1.54) is 17.9 Å². The van der Waals surface area contributed by atoms with Crippen molar-refractivity contribution in [1.82, 2.24) is 29.9 Å². The molecule has 0 atom stereocenters. The van der Waals surface area contributed by atoms with Gasteiger partial charge in [-0.15, -0.1) is 5.10 Å². The highest BCUT2D eigenvalue weighted by Gasteiger charge is 2.13. The van der Waals surface area contributed by atoms with Crippen LogP contribution in [0.15, 0.2) is 41.8 Å². The number of oxime groups is 1. The van der Waals surface area contributed by atoms with Crippen LogP contribution >= 0.6 is 0 Å². The predicted molar refractivity (Wildman–Crippen MR) is 93.1 cm³/mol. The second-order valence-corrected chi connectivity index (χ2v) is 5.65. The first-order chi connectivity index (χ1) is 12.7. The van der Waals surface area contributed by atoms with Crippen molar-refractivity contribution in [2.75, 3.05) is 7.11 Å². The van der Waals surface area contributed by atoms with Gasteiger partial charge in [-0.3, -0.25) is 4.98 Å². The summed E-state index contributed by atoms with van der Waals surface area (Å²) in [5.41, 5.74) is 2.99. The van der Waals surface area contributed by atoms with Crippen LogP contribution in [0.4, 0.5) is 4.39 Å². The van der Waals surface area contributed by atoms with Crippen molar-refractivity contribution in [2.24, 2.45) is 5.16 Å². The lowest BCUT2D eigenvalue weighted by Gasteiger charge is -2.06. The second-order valence-electron chi connectivity index (χ2n) is 5.65. The molecule has 130 valence electrons. The number of hydrogen-bond donors (Lipinski definition) is 0. The summed E-state index contributed by atoms with van der Waals surface area (Å²) in [6, 6.07) is 6.86. The van der Waals surface area contributed by atoms with Gasteiger partial charge in [-0.1, -0.05) is 16.4 Å². The van der Waals surface area contributed by atoms with E-state index < -0.39 is 0 Å². The highest BCUT2D eigenvalue weighted by molar-refractivity contribution is 5.97. The normalized spacial score (nSPS) is 12.0. The molecule has 4 aromatic rings. The summed E-state index contributed by atoms with van der Waals surface area (Å²) in [4.78, 5) is 17.6. The van der Waals surface area contributed by atoms with Crippen LogP contribution in [0.25, 0.3) is 22.2 Å². The Morgan fingerprint density at radius 3 is 3.04 bits per heavy atom. The Morgan fingerprint density at radius 1 is 1.31 bits per heavy atom. The Morgan fingerprint density at radius 2 is 2.19 bits per heavy atom. The van der Waals surface area contributed by atoms with Gasteiger partial charge in [0.2, 0.25) is 5.65 Å². The smallest absolute Gasteiger partial charge is 0.221 e. The average molecular weight is 351 g/mol. The molecule has 26 heavy (non-hydrogen) atoms. The zero-order valence-corrected chi connectivity index (χ0v) is 14.1. The zero-order chi connectivity index (χ0) is 18.1. The highest BCUT2D eigenvalue weighted by atomic mass is 19.1. The van der Waals surface area contributed by atoms with Crippen molar-refractivity contribution >= 4 is 27.9 Å². The fourth-order valence-corrected chi connectivity index (χ4v) is 2.64. The monoisotopic (exact) mass is 351 g/mol. The molecule has 0 saturated carbocycles. The largest absolute Gasteiger partial charge is 0.399 e. The topological polar surface area (TPSA) is 91.0 Å². The summed E-state index contributed by atoms with van der Waals surface area (Å²) >= 11 is 0. The molecular weight excluding hydrogens is 337 g/mol. The number of fused-ring (bicyclic) bond motifs is 2. The lowest BCUT2D eigenvalue weighted by Crippen LogP contribution is -2.07. The number of hydrogen-bond acceptors (Lipinski definition) is 7. The molecule has 0 spiro atoms. The minimum Gasteiger partial charge on any atom is -0.399 e. The van der Waals surface area contributed by atoms with Crippen molar-refractivity contribution in [3.8, 4) is 0 Å². The number of rotatable bonds is 4. The van der Waals surface area contributed by atoms with Gasteiger partial charge in [0.05, 0.1) is 18.3 Å². The molecule has 9 heteroatoms. The van der Waals surface area contributed by atoms with E-state index in [9.17, 15) is 4.39 Å². The third kappa shape index (κ3) is 2.83. The summed E-state index contributed by atoms with van der Waals surface area (Å²) < 4.78 is 16.0. The molecule has 0 N–H and O–H groups in total. The van der Waals surface area contributed by atoms with E-state index in [0.717, 1.165) is 5.39 Å². The van der Waals surface area contributed by atoms with Crippen LogP contribution in [-0.2, 0) is 11.4 Å². The van der Waals surface area contributed by atoms with E-state index in [1.807, 2.05) is 12.1 Å². The molecule has 0 aliphatic carbocycles. The van der Waals surface area contributed by atoms with Crippen LogP contribution in [0.2, 0.25) is 0 Å². The van der Waals surface area contributed by atoms with Crippen LogP contribution in [0.5, 0.6) is 0 Å². The van der Waals surface area contributed by atoms with Crippen molar-refractivity contribution in [3.63, 3.8) is 0 Å². The lowest BCUT2D eigenvalue weighted by molar-refractivity contribution is 0.213. The lowest BCUT2D eigenvalue weighted by atomic mass is 10.1. The van der Waals surface area contributed by atoms with Gasteiger partial charge in [0, 0.05) is 23.2 Å². The zero-order valence-electron chi connectivity index (χ0n) is 14.1. The van der Waals surface area contributed by atoms with Gasteiger partial charge in [0.1, 0.15) is 24.3 Å². The molecule has 0 radical (unpaired) electrons. The molecule has 0 saturated heterocycles. The standard InChI is InChI=1S/C17H14FN7O/c1-10(23-26-2)15-8-20-16-17(21-15)25(24-22-16)9-12-6-11-4-3-5-19-14(11)7-13(12)18/h3-8H,9H2,1-2H3. The molecule has 0 bridgehead atoms. The van der Waals surface area contributed by atoms with E-state index in [2.05, 4.69) is 30.4 Å². The van der Waals surface area contributed by atoms with Crippen LogP contribution in [0.3, 0.4) is 0 Å². The molecule has 1 aromatic carbocycles. The number of nitrogens with zero attached hydrogens (tertiary/aromatic N) is 7. The van der Waals surface area contributed by atoms with Crippen molar-refractivity contribution < 1.29 is 9.23 Å². The van der Waals surface area contributed by atoms with Crippen LogP contribution in [0.1, 0.15) is 18.2 Å². The van der Waals surface area contributed by atoms with Crippen LogP contribution in [0, 0.1) is 5.82 Å². The molecule has 0 fully saturated rings. The van der Waals surface area contributed by atoms with Gasteiger partial charge < -0.3 is 4.84 Å². The molecule has 3 heterocycles. The quantitative estimate of drug-likeness (QED) is 0.414. The van der Waals surface area contributed by atoms with E-state index >= 15 is 0 Å². The van der Waals surface area contributed by atoms with Gasteiger partial charge in [0.25, 0.3) is 0 Å². The first kappa shape index (κ1) is 16.0. The number of halogens is 1. The summed E-state index contributed by atoms with van der Waals surface area (Å²) in [6.45, 7) is 1.93. The number of benzene rings is 1. The minimum absolute atomic E-state index is 0.172. The van der Waals surface area contributed by atoms with Crippen LogP contribution < -0.4 is 0 Å². The molecule has 0 amide bonds. The number of pyridine rings is 1. The SMILES string of the molecule is CON=C(C)c1cnc2nnn(Cc3cc4cccnc4cc3F)c2n1. The van der Waals surface area contributed by atoms with Gasteiger partial charge in [-0.25, -0.2) is 19.0 Å². The Labute approximate surface area is 147 Å². The van der Waals surface area contributed by atoms with Gasteiger partial charge in [-0.2, -0.15) is 0 Å². The first-order valence-corrected chi connectivity index (χ1v) is 7.83. The molecular formula is C17H14FN7O. The van der Waals surface area contributed by atoms with Gasteiger partial charge >= 0.3 is 0 Å². The summed E-state index contributed by atoms with van der Waals surface area (Å²) in [6.07, 6.45) is 3.18. The van der Waals surface area contributed by atoms with Gasteiger partial charge in [-0.05, 0) is 19.1 Å². The Balaban J connectivity index is 1.76. The maximum atomic E-state index is 14.4. The minimum atomic E-state index is -0.360. The fourth-order valence-electron chi connectivity index (χ4n) is 2.64. The van der Waals surface area contributed by atoms with Crippen molar-refractivity contribution in [3.05, 3.63) is 53.7 Å². The van der Waals surface area contributed by atoms with E-state index in [4.69, 9.17) is 4.84 Å². The summed E-state index contributed by atoms with van der Waals surface area (Å²) in [7, 11) is 1.46. The molecule has 8 nitrogen and oxygen atoms in total. The number of aromatic nitrogens is 6. The molecule has 3 aromatic heterocycles. The molecule has 0 aliphatic heterocycles. The molecule has 4 rings (SSSR count). The van der Waals surface area contributed by atoms with E-state index in [-0.39, 0.29) is 12.4 Å². The van der Waals surface area contributed by atoms with Crippen LogP contribution in [-0.4, -0.2) is 42.8 Å². The van der Waals surface area contributed by atoms with Gasteiger partial charge in [0.15, 0.2) is 5.65 Å². The predicted octanol–water partition coefficient (Wildman–Crippen LogP) is 2.33. The average Bonchev–Trinajstić information content (AvgIpc) is 3.04. The molecule has 0 aliphatic rings. The maximum absolute atomic E-state index is 14.4. The highest BCUT2D eigenvalue weighted by Crippen LogP contribution is 2.19. The van der Waals surface area contributed by atoms with E-state index in [1.54, 1.807) is 25.4 Å². The Kier molecular flexibility index (Phi) is 3.96. The van der Waals surface area contributed by atoms with Crippen molar-refractivity contribution in [1.29, 1.82) is 0 Å². The third-order valence-corrected chi connectivity index (χ3v) is 3.92. The molecule has 0 unspecified atom stereocenters. The third-order valence-electron chi connectivity index (χ3n) is 3.92. The summed E-state index contributed by atoms with van der Waals surface area (Å²) in [5.74, 6) is -0.360. The maximum Gasteiger partial charge on any atom is 0.221 e.